The molecule has 0 aliphatic carbocycles. The van der Waals surface area contributed by atoms with Crippen LogP contribution < -0.4 is 19.5 Å². The lowest BCUT2D eigenvalue weighted by atomic mass is 10.0. The van der Waals surface area contributed by atoms with Gasteiger partial charge in [0.1, 0.15) is 28.6 Å². The van der Waals surface area contributed by atoms with Crippen LogP contribution in [0.15, 0.2) is 78.0 Å². The molecular weight excluding hydrogens is 500 g/mol. The van der Waals surface area contributed by atoms with Crippen LogP contribution in [0.25, 0.3) is 22.5 Å². The van der Waals surface area contributed by atoms with E-state index in [0.29, 0.717) is 35.3 Å². The molecule has 38 heavy (non-hydrogen) atoms. The molecule has 3 aromatic carbocycles. The average Bonchev–Trinajstić information content (AvgIpc) is 2.97. The van der Waals surface area contributed by atoms with Crippen LogP contribution in [0.2, 0.25) is 0 Å². The first kappa shape index (κ1) is 26.9. The maximum absolute atomic E-state index is 13.1. The zero-order valence-electron chi connectivity index (χ0n) is 21.8. The molecule has 4 rings (SSSR count). The Labute approximate surface area is 226 Å². The van der Waals surface area contributed by atoms with E-state index in [9.17, 15) is 4.79 Å². The lowest BCUT2D eigenvalue weighted by Gasteiger charge is -2.15. The van der Waals surface area contributed by atoms with E-state index in [1.54, 1.807) is 14.2 Å². The number of rotatable bonds is 11. The Morgan fingerprint density at radius 3 is 1.87 bits per heavy atom. The predicted octanol–water partition coefficient (Wildman–Crippen LogP) is 6.13. The Morgan fingerprint density at radius 1 is 0.789 bits per heavy atom. The normalized spacial score (nSPS) is 11.5. The van der Waals surface area contributed by atoms with Crippen molar-refractivity contribution in [2.45, 2.75) is 30.7 Å². The first-order chi connectivity index (χ1) is 18.5. The van der Waals surface area contributed by atoms with Gasteiger partial charge in [-0.15, -0.1) is 10.2 Å². The van der Waals surface area contributed by atoms with Gasteiger partial charge in [-0.3, -0.25) is 4.79 Å². The minimum atomic E-state index is -0.404. The van der Waals surface area contributed by atoms with Crippen LogP contribution in [-0.2, 0) is 4.79 Å². The topological polar surface area (TPSA) is 95.5 Å². The fourth-order valence-electron chi connectivity index (χ4n) is 3.73. The number of nitrogens with zero attached hydrogens (tertiary/aromatic N) is 3. The molecule has 1 amide bonds. The molecule has 0 bridgehead atoms. The fraction of sp³-hybridized carbons (Fsp3) is 0.241. The van der Waals surface area contributed by atoms with Gasteiger partial charge >= 0.3 is 0 Å². The molecule has 8 nitrogen and oxygen atoms in total. The first-order valence-corrected chi connectivity index (χ1v) is 13.2. The maximum Gasteiger partial charge on any atom is 0.237 e. The minimum Gasteiger partial charge on any atom is -0.497 e. The molecule has 0 saturated carbocycles. The maximum atomic E-state index is 13.1. The van der Waals surface area contributed by atoms with Gasteiger partial charge in [-0.2, -0.15) is 0 Å². The molecule has 0 aliphatic rings. The van der Waals surface area contributed by atoms with E-state index >= 15 is 0 Å². The van der Waals surface area contributed by atoms with Crippen LogP contribution in [0.1, 0.15) is 20.3 Å². The number of benzene rings is 3. The van der Waals surface area contributed by atoms with Gasteiger partial charge < -0.3 is 19.5 Å². The summed E-state index contributed by atoms with van der Waals surface area (Å²) in [5, 5.41) is 11.9. The first-order valence-electron chi connectivity index (χ1n) is 12.3. The number of hydrogen-bond donors (Lipinski definition) is 1. The lowest BCUT2D eigenvalue weighted by Crippen LogP contribution is -2.25. The molecule has 1 atom stereocenters. The van der Waals surface area contributed by atoms with Crippen LogP contribution in [-0.4, -0.2) is 47.2 Å². The van der Waals surface area contributed by atoms with Crippen molar-refractivity contribution in [2.75, 3.05) is 26.1 Å². The smallest absolute Gasteiger partial charge is 0.237 e. The van der Waals surface area contributed by atoms with Crippen molar-refractivity contribution in [3.63, 3.8) is 0 Å². The highest BCUT2D eigenvalue weighted by molar-refractivity contribution is 8.00. The molecule has 1 heterocycles. The van der Waals surface area contributed by atoms with Gasteiger partial charge in [0.05, 0.1) is 26.1 Å². The molecule has 0 fully saturated rings. The van der Waals surface area contributed by atoms with Crippen molar-refractivity contribution in [2.24, 2.45) is 0 Å². The molecule has 1 N–H and O–H groups in total. The number of thioether (sulfide) groups is 1. The monoisotopic (exact) mass is 530 g/mol. The van der Waals surface area contributed by atoms with E-state index < -0.39 is 5.25 Å². The Bertz CT molecular complexity index is 1350. The highest BCUT2D eigenvalue weighted by Gasteiger charge is 2.22. The molecular formula is C29H30N4O4S. The molecule has 1 unspecified atom stereocenters. The quantitative estimate of drug-likeness (QED) is 0.231. The summed E-state index contributed by atoms with van der Waals surface area (Å²) in [5.74, 6) is 2.12. The van der Waals surface area contributed by atoms with Gasteiger partial charge in [-0.05, 0) is 86.1 Å². The van der Waals surface area contributed by atoms with Crippen LogP contribution in [0.4, 0.5) is 5.69 Å². The second kappa shape index (κ2) is 12.9. The van der Waals surface area contributed by atoms with E-state index in [0.717, 1.165) is 28.4 Å². The third-order valence-corrected chi connectivity index (χ3v) is 6.95. The van der Waals surface area contributed by atoms with Gasteiger partial charge in [-0.1, -0.05) is 18.7 Å². The molecule has 4 aromatic rings. The Balaban J connectivity index is 1.60. The SMILES string of the molecule is CCOc1ccc(NC(=O)C(CC)Sc2nnc(-c3ccc(OC)cc3)c(-c3ccc(OC)cc3)n2)cc1. The van der Waals surface area contributed by atoms with Crippen molar-refractivity contribution in [1.29, 1.82) is 0 Å². The summed E-state index contributed by atoms with van der Waals surface area (Å²) in [4.78, 5) is 17.9. The molecule has 0 aliphatic heterocycles. The van der Waals surface area contributed by atoms with Crippen molar-refractivity contribution in [3.8, 4) is 39.8 Å². The number of anilines is 1. The Kier molecular flexibility index (Phi) is 9.16. The third kappa shape index (κ3) is 6.60. The number of methoxy groups -OCH3 is 2. The molecule has 0 saturated heterocycles. The number of carbonyl (C=O) groups excluding carboxylic acids is 1. The van der Waals surface area contributed by atoms with Crippen LogP contribution >= 0.6 is 11.8 Å². The van der Waals surface area contributed by atoms with Crippen molar-refractivity contribution >= 4 is 23.4 Å². The number of aromatic nitrogens is 3. The zero-order chi connectivity index (χ0) is 26.9. The molecule has 0 spiro atoms. The third-order valence-electron chi connectivity index (χ3n) is 5.74. The summed E-state index contributed by atoms with van der Waals surface area (Å²) in [6.07, 6.45) is 0.592. The van der Waals surface area contributed by atoms with Crippen molar-refractivity contribution < 1.29 is 19.0 Å². The second-order valence-electron chi connectivity index (χ2n) is 8.21. The number of carbonyl (C=O) groups is 1. The fourth-order valence-corrected chi connectivity index (χ4v) is 4.55. The molecule has 0 radical (unpaired) electrons. The number of ether oxygens (including phenoxy) is 3. The standard InChI is InChI=1S/C29H30N4O4S/c1-5-25(28(34)30-21-11-17-24(18-12-21)37-6-2)38-29-31-26(19-7-13-22(35-3)14-8-19)27(32-33-29)20-9-15-23(36-4)16-10-20/h7-18,25H,5-6H2,1-4H3,(H,30,34). The van der Waals surface area contributed by atoms with Crippen LogP contribution in [0, 0.1) is 0 Å². The van der Waals surface area contributed by atoms with Gasteiger partial charge in [0, 0.05) is 16.8 Å². The largest absolute Gasteiger partial charge is 0.497 e. The average molecular weight is 531 g/mol. The van der Waals surface area contributed by atoms with Gasteiger partial charge in [0.15, 0.2) is 0 Å². The highest BCUT2D eigenvalue weighted by Crippen LogP contribution is 2.33. The summed E-state index contributed by atoms with van der Waals surface area (Å²) in [6, 6.07) is 22.5. The van der Waals surface area contributed by atoms with Crippen LogP contribution in [0.3, 0.4) is 0 Å². The van der Waals surface area contributed by atoms with Gasteiger partial charge in [-0.25, -0.2) is 4.98 Å². The van der Waals surface area contributed by atoms with Crippen LogP contribution in [0.5, 0.6) is 17.2 Å². The second-order valence-corrected chi connectivity index (χ2v) is 9.38. The highest BCUT2D eigenvalue weighted by atomic mass is 32.2. The molecule has 1 aromatic heterocycles. The summed E-state index contributed by atoms with van der Waals surface area (Å²) < 4.78 is 16.1. The van der Waals surface area contributed by atoms with Crippen molar-refractivity contribution in [3.05, 3.63) is 72.8 Å². The lowest BCUT2D eigenvalue weighted by molar-refractivity contribution is -0.115. The predicted molar refractivity (Wildman–Crippen MR) is 150 cm³/mol. The van der Waals surface area contributed by atoms with E-state index in [4.69, 9.17) is 19.2 Å². The molecule has 196 valence electrons. The van der Waals surface area contributed by atoms with E-state index in [1.807, 2.05) is 86.6 Å². The number of nitrogens with one attached hydrogen (secondary N) is 1. The van der Waals surface area contributed by atoms with E-state index in [1.165, 1.54) is 11.8 Å². The zero-order valence-corrected chi connectivity index (χ0v) is 22.6. The summed E-state index contributed by atoms with van der Waals surface area (Å²) in [5.41, 5.74) is 3.71. The Hall–Kier alpha value is -4.11. The summed E-state index contributed by atoms with van der Waals surface area (Å²) in [6.45, 7) is 4.47. The number of hydrogen-bond acceptors (Lipinski definition) is 8. The van der Waals surface area contributed by atoms with E-state index in [-0.39, 0.29) is 5.91 Å². The van der Waals surface area contributed by atoms with E-state index in [2.05, 4.69) is 15.5 Å². The van der Waals surface area contributed by atoms with Crippen molar-refractivity contribution in [1.82, 2.24) is 15.2 Å². The van der Waals surface area contributed by atoms with Gasteiger partial charge in [0.2, 0.25) is 11.1 Å². The van der Waals surface area contributed by atoms with Gasteiger partial charge in [0.25, 0.3) is 0 Å². The summed E-state index contributed by atoms with van der Waals surface area (Å²) in [7, 11) is 3.25. The Morgan fingerprint density at radius 2 is 1.34 bits per heavy atom. The number of amides is 1. The minimum absolute atomic E-state index is 0.129. The molecule has 9 heteroatoms. The summed E-state index contributed by atoms with van der Waals surface area (Å²) >= 11 is 1.29.